The van der Waals surface area contributed by atoms with Crippen molar-refractivity contribution in [2.24, 2.45) is 5.92 Å². The van der Waals surface area contributed by atoms with Crippen LogP contribution in [0.1, 0.15) is 42.4 Å². The van der Waals surface area contributed by atoms with Gasteiger partial charge in [0.05, 0.1) is 18.6 Å². The number of furan rings is 1. The number of carboxylic acid groups (broad SMARTS) is 1. The molecule has 1 fully saturated rings. The van der Waals surface area contributed by atoms with Crippen molar-refractivity contribution < 1.29 is 19.1 Å². The second-order valence-electron chi connectivity index (χ2n) is 7.02. The third-order valence-corrected chi connectivity index (χ3v) is 5.37. The summed E-state index contributed by atoms with van der Waals surface area (Å²) < 4.78 is 5.64. The van der Waals surface area contributed by atoms with Crippen LogP contribution in [-0.4, -0.2) is 23.0 Å². The van der Waals surface area contributed by atoms with E-state index in [4.69, 9.17) is 9.52 Å². The second-order valence-corrected chi connectivity index (χ2v) is 7.02. The summed E-state index contributed by atoms with van der Waals surface area (Å²) in [4.78, 5) is 23.3. The molecule has 0 aliphatic heterocycles. The third kappa shape index (κ3) is 2.79. The summed E-state index contributed by atoms with van der Waals surface area (Å²) in [5.41, 5.74) is 4.49. The van der Waals surface area contributed by atoms with Crippen molar-refractivity contribution in [2.45, 2.75) is 51.0 Å². The molecular formula is C19H21NO4. The van der Waals surface area contributed by atoms with E-state index in [9.17, 15) is 9.59 Å². The maximum absolute atomic E-state index is 12.3. The molecule has 126 valence electrons. The Morgan fingerprint density at radius 2 is 2.00 bits per heavy atom. The van der Waals surface area contributed by atoms with Gasteiger partial charge in [-0.05, 0) is 61.8 Å². The number of hydrogen-bond donors (Lipinski definition) is 2. The molecule has 2 aliphatic rings. The van der Waals surface area contributed by atoms with E-state index in [2.05, 4.69) is 17.4 Å². The predicted octanol–water partition coefficient (Wildman–Crippen LogP) is 2.83. The minimum absolute atomic E-state index is 0.0268. The largest absolute Gasteiger partial charge is 0.481 e. The van der Waals surface area contributed by atoms with Crippen LogP contribution in [0.2, 0.25) is 0 Å². The molecule has 5 nitrogen and oxygen atoms in total. The minimum Gasteiger partial charge on any atom is -0.481 e. The van der Waals surface area contributed by atoms with Crippen LogP contribution in [0.5, 0.6) is 0 Å². The summed E-state index contributed by atoms with van der Waals surface area (Å²) in [5.74, 6) is -1.15. The fraction of sp³-hybridized carbons (Fsp3) is 0.474. The van der Waals surface area contributed by atoms with Crippen LogP contribution in [0.3, 0.4) is 0 Å². The van der Waals surface area contributed by atoms with Gasteiger partial charge < -0.3 is 14.8 Å². The van der Waals surface area contributed by atoms with Crippen molar-refractivity contribution in [1.82, 2.24) is 5.32 Å². The van der Waals surface area contributed by atoms with Gasteiger partial charge in [0.2, 0.25) is 5.91 Å². The van der Waals surface area contributed by atoms with E-state index in [1.807, 2.05) is 0 Å². The molecule has 0 bridgehead atoms. The number of carbonyl (C=O) groups is 2. The van der Waals surface area contributed by atoms with E-state index in [1.165, 1.54) is 17.5 Å². The number of carbonyl (C=O) groups excluding carboxylic acids is 1. The van der Waals surface area contributed by atoms with Gasteiger partial charge >= 0.3 is 5.97 Å². The molecule has 2 N–H and O–H groups in total. The number of benzene rings is 1. The van der Waals surface area contributed by atoms with Gasteiger partial charge in [-0.25, -0.2) is 0 Å². The molecule has 1 amide bonds. The standard InChI is InChI=1S/C19H21NO4/c21-18(20-15-5-4-13(6-15)19(22)23)9-14-10-24-17-8-12-3-1-2-11(12)7-16(14)17/h7-8,10,13,15H,1-6,9H2,(H,20,21)(H,22,23). The van der Waals surface area contributed by atoms with Crippen molar-refractivity contribution in [3.63, 3.8) is 0 Å². The van der Waals surface area contributed by atoms with Crippen LogP contribution in [0.4, 0.5) is 0 Å². The van der Waals surface area contributed by atoms with Gasteiger partial charge in [-0.2, -0.15) is 0 Å². The zero-order chi connectivity index (χ0) is 16.7. The lowest BCUT2D eigenvalue weighted by Crippen LogP contribution is -2.34. The second kappa shape index (κ2) is 5.96. The molecule has 4 rings (SSSR count). The molecule has 2 aromatic rings. The van der Waals surface area contributed by atoms with Crippen LogP contribution in [0, 0.1) is 5.92 Å². The van der Waals surface area contributed by atoms with Crippen molar-refractivity contribution in [1.29, 1.82) is 0 Å². The van der Waals surface area contributed by atoms with Gasteiger partial charge in [-0.15, -0.1) is 0 Å². The lowest BCUT2D eigenvalue weighted by molar-refractivity contribution is -0.141. The van der Waals surface area contributed by atoms with Crippen molar-refractivity contribution in [3.05, 3.63) is 35.1 Å². The van der Waals surface area contributed by atoms with Gasteiger partial charge in [0, 0.05) is 17.0 Å². The predicted molar refractivity (Wildman–Crippen MR) is 88.9 cm³/mol. The highest BCUT2D eigenvalue weighted by Gasteiger charge is 2.30. The van der Waals surface area contributed by atoms with Gasteiger partial charge in [-0.1, -0.05) is 0 Å². The summed E-state index contributed by atoms with van der Waals surface area (Å²) >= 11 is 0. The van der Waals surface area contributed by atoms with Gasteiger partial charge in [0.25, 0.3) is 0 Å². The summed E-state index contributed by atoms with van der Waals surface area (Å²) in [7, 11) is 0. The molecule has 1 aromatic carbocycles. The number of nitrogens with one attached hydrogen (secondary N) is 1. The first kappa shape index (κ1) is 15.2. The van der Waals surface area contributed by atoms with Gasteiger partial charge in [0.1, 0.15) is 5.58 Å². The number of rotatable bonds is 4. The van der Waals surface area contributed by atoms with Crippen molar-refractivity contribution in [3.8, 4) is 0 Å². The molecule has 1 saturated carbocycles. The van der Waals surface area contributed by atoms with E-state index in [0.29, 0.717) is 12.8 Å². The zero-order valence-corrected chi connectivity index (χ0v) is 13.5. The van der Waals surface area contributed by atoms with Crippen LogP contribution >= 0.6 is 0 Å². The van der Waals surface area contributed by atoms with Crippen LogP contribution in [-0.2, 0) is 28.9 Å². The third-order valence-electron chi connectivity index (χ3n) is 5.37. The number of aliphatic carboxylic acids is 1. The first-order valence-electron chi connectivity index (χ1n) is 8.64. The van der Waals surface area contributed by atoms with Crippen molar-refractivity contribution in [2.75, 3.05) is 0 Å². The van der Waals surface area contributed by atoms with E-state index in [1.54, 1.807) is 6.26 Å². The zero-order valence-electron chi connectivity index (χ0n) is 13.5. The Bertz CT molecular complexity index is 807. The van der Waals surface area contributed by atoms with Crippen LogP contribution in [0.25, 0.3) is 11.0 Å². The highest BCUT2D eigenvalue weighted by atomic mass is 16.4. The number of carboxylic acids is 1. The first-order chi connectivity index (χ1) is 11.6. The topological polar surface area (TPSA) is 79.5 Å². The number of fused-ring (bicyclic) bond motifs is 2. The highest BCUT2D eigenvalue weighted by molar-refractivity contribution is 5.88. The Hall–Kier alpha value is -2.30. The molecule has 24 heavy (non-hydrogen) atoms. The minimum atomic E-state index is -0.763. The van der Waals surface area contributed by atoms with Gasteiger partial charge in [-0.3, -0.25) is 9.59 Å². The normalized spacial score (nSPS) is 22.7. The number of amides is 1. The lowest BCUT2D eigenvalue weighted by Gasteiger charge is -2.12. The summed E-state index contributed by atoms with van der Waals surface area (Å²) in [6, 6.07) is 4.24. The smallest absolute Gasteiger partial charge is 0.306 e. The van der Waals surface area contributed by atoms with Crippen LogP contribution < -0.4 is 5.32 Å². The molecule has 1 heterocycles. The fourth-order valence-electron chi connectivity index (χ4n) is 4.07. The Morgan fingerprint density at radius 1 is 1.21 bits per heavy atom. The van der Waals surface area contributed by atoms with E-state index < -0.39 is 5.97 Å². The molecule has 1 aromatic heterocycles. The molecular weight excluding hydrogens is 306 g/mol. The van der Waals surface area contributed by atoms with E-state index >= 15 is 0 Å². The lowest BCUT2D eigenvalue weighted by atomic mass is 10.0. The maximum Gasteiger partial charge on any atom is 0.306 e. The van der Waals surface area contributed by atoms with Gasteiger partial charge in [0.15, 0.2) is 0 Å². The maximum atomic E-state index is 12.3. The first-order valence-corrected chi connectivity index (χ1v) is 8.64. The average Bonchev–Trinajstić information content (AvgIpc) is 3.25. The van der Waals surface area contributed by atoms with Crippen molar-refractivity contribution >= 4 is 22.8 Å². The molecule has 0 spiro atoms. The summed E-state index contributed by atoms with van der Waals surface area (Å²) in [5, 5.41) is 13.0. The Kier molecular flexibility index (Phi) is 3.79. The van der Waals surface area contributed by atoms with E-state index in [0.717, 1.165) is 35.8 Å². The molecule has 2 unspecified atom stereocenters. The summed E-state index contributed by atoms with van der Waals surface area (Å²) in [6.45, 7) is 0. The SMILES string of the molecule is O=C(Cc1coc2cc3c(cc12)CCC3)NC1CCC(C(=O)O)C1. The quantitative estimate of drug-likeness (QED) is 0.905. The monoisotopic (exact) mass is 327 g/mol. The molecule has 2 atom stereocenters. The molecule has 0 radical (unpaired) electrons. The highest BCUT2D eigenvalue weighted by Crippen LogP contribution is 2.31. The number of aryl methyl sites for hydroxylation is 2. The fourth-order valence-corrected chi connectivity index (χ4v) is 4.07. The number of hydrogen-bond acceptors (Lipinski definition) is 3. The Labute approximate surface area is 140 Å². The Morgan fingerprint density at radius 3 is 2.75 bits per heavy atom. The molecule has 2 aliphatic carbocycles. The Balaban J connectivity index is 1.45. The van der Waals surface area contributed by atoms with E-state index in [-0.39, 0.29) is 24.3 Å². The molecule has 0 saturated heterocycles. The average molecular weight is 327 g/mol. The van der Waals surface area contributed by atoms with Crippen LogP contribution in [0.15, 0.2) is 22.8 Å². The summed E-state index contributed by atoms with van der Waals surface area (Å²) in [6.07, 6.45) is 7.25. The molecule has 5 heteroatoms.